The van der Waals surface area contributed by atoms with E-state index in [0.717, 1.165) is 0 Å². The van der Waals surface area contributed by atoms with Crippen molar-refractivity contribution in [3.63, 3.8) is 0 Å². The minimum atomic E-state index is 0.410. The molecule has 2 aromatic rings. The van der Waals surface area contributed by atoms with Crippen LogP contribution in [0.4, 0.5) is 5.82 Å². The number of para-hydroxylation sites is 2. The first-order chi connectivity index (χ1) is 9.22. The van der Waals surface area contributed by atoms with E-state index in [9.17, 15) is 0 Å². The fourth-order valence-corrected chi connectivity index (χ4v) is 1.59. The van der Waals surface area contributed by atoms with Crippen LogP contribution in [0.5, 0.6) is 17.4 Å². The topological polar surface area (TPSA) is 82.3 Å². The number of nitrogens with zero attached hydrogens (tertiary/aromatic N) is 2. The van der Waals surface area contributed by atoms with Gasteiger partial charge in [-0.1, -0.05) is 12.1 Å². The highest BCUT2D eigenvalue weighted by molar-refractivity contribution is 5.44. The van der Waals surface area contributed by atoms with Crippen LogP contribution >= 0.6 is 0 Å². The molecule has 3 N–H and O–H groups in total. The SMILES string of the molecule is CCOc1ccccc1Oc1cc(NN)nc(C)n1. The number of anilines is 1. The molecule has 19 heavy (non-hydrogen) atoms. The Morgan fingerprint density at radius 1 is 1.21 bits per heavy atom. The van der Waals surface area contributed by atoms with Crippen LogP contribution in [0.3, 0.4) is 0 Å². The van der Waals surface area contributed by atoms with Gasteiger partial charge in [0.2, 0.25) is 5.88 Å². The average Bonchev–Trinajstić information content (AvgIpc) is 2.40. The van der Waals surface area contributed by atoms with E-state index >= 15 is 0 Å². The Morgan fingerprint density at radius 2 is 1.95 bits per heavy atom. The summed E-state index contributed by atoms with van der Waals surface area (Å²) in [5.41, 5.74) is 2.47. The third kappa shape index (κ3) is 3.32. The Labute approximate surface area is 111 Å². The van der Waals surface area contributed by atoms with Gasteiger partial charge in [-0.3, -0.25) is 0 Å². The van der Waals surface area contributed by atoms with E-state index in [1.165, 1.54) is 0 Å². The minimum Gasteiger partial charge on any atom is -0.490 e. The second-order valence-electron chi connectivity index (χ2n) is 3.76. The van der Waals surface area contributed by atoms with Crippen molar-refractivity contribution in [3.8, 4) is 17.4 Å². The molecule has 0 amide bonds. The van der Waals surface area contributed by atoms with Gasteiger partial charge in [-0.15, -0.1) is 0 Å². The smallest absolute Gasteiger partial charge is 0.224 e. The molecule has 6 nitrogen and oxygen atoms in total. The van der Waals surface area contributed by atoms with E-state index in [-0.39, 0.29) is 0 Å². The molecule has 2 rings (SSSR count). The molecule has 1 aromatic carbocycles. The van der Waals surface area contributed by atoms with Crippen LogP contribution in [0.1, 0.15) is 12.7 Å². The molecule has 0 atom stereocenters. The summed E-state index contributed by atoms with van der Waals surface area (Å²) in [7, 11) is 0. The minimum absolute atomic E-state index is 0.410. The predicted molar refractivity (Wildman–Crippen MR) is 72.3 cm³/mol. The van der Waals surface area contributed by atoms with Crippen LogP contribution in [0, 0.1) is 6.92 Å². The molecule has 0 aliphatic heterocycles. The lowest BCUT2D eigenvalue weighted by Crippen LogP contribution is -2.10. The first kappa shape index (κ1) is 13.1. The molecule has 0 aliphatic rings. The van der Waals surface area contributed by atoms with Gasteiger partial charge in [-0.2, -0.15) is 4.98 Å². The predicted octanol–water partition coefficient (Wildman–Crippen LogP) is 2.26. The summed E-state index contributed by atoms with van der Waals surface area (Å²) in [6.45, 7) is 4.25. The van der Waals surface area contributed by atoms with Crippen molar-refractivity contribution in [3.05, 3.63) is 36.2 Å². The van der Waals surface area contributed by atoms with Gasteiger partial charge in [0.05, 0.1) is 6.61 Å². The van der Waals surface area contributed by atoms with Crippen molar-refractivity contribution < 1.29 is 9.47 Å². The van der Waals surface area contributed by atoms with Crippen LogP contribution in [-0.4, -0.2) is 16.6 Å². The number of hydrogen-bond acceptors (Lipinski definition) is 6. The van der Waals surface area contributed by atoms with E-state index in [4.69, 9.17) is 15.3 Å². The lowest BCUT2D eigenvalue weighted by atomic mass is 10.3. The first-order valence-electron chi connectivity index (χ1n) is 5.95. The number of nitrogen functional groups attached to an aromatic ring is 1. The van der Waals surface area contributed by atoms with Crippen molar-refractivity contribution in [1.29, 1.82) is 0 Å². The molecule has 100 valence electrons. The van der Waals surface area contributed by atoms with Crippen molar-refractivity contribution in [1.82, 2.24) is 9.97 Å². The summed E-state index contributed by atoms with van der Waals surface area (Å²) >= 11 is 0. The number of rotatable bonds is 5. The van der Waals surface area contributed by atoms with Gasteiger partial charge in [0.15, 0.2) is 11.5 Å². The quantitative estimate of drug-likeness (QED) is 0.634. The first-order valence-corrected chi connectivity index (χ1v) is 5.95. The average molecular weight is 260 g/mol. The molecule has 0 fully saturated rings. The Morgan fingerprint density at radius 3 is 2.63 bits per heavy atom. The summed E-state index contributed by atoms with van der Waals surface area (Å²) in [6, 6.07) is 9.03. The van der Waals surface area contributed by atoms with Crippen LogP contribution in [0.15, 0.2) is 30.3 Å². The van der Waals surface area contributed by atoms with Crippen molar-refractivity contribution >= 4 is 5.82 Å². The van der Waals surface area contributed by atoms with Gasteiger partial charge in [0.1, 0.15) is 11.6 Å². The maximum atomic E-state index is 5.71. The number of hydrogen-bond donors (Lipinski definition) is 2. The molecule has 0 bridgehead atoms. The highest BCUT2D eigenvalue weighted by Crippen LogP contribution is 2.30. The standard InChI is InChI=1S/C13H16N4O2/c1-3-18-10-6-4-5-7-11(10)19-13-8-12(17-14)15-9(2)16-13/h4-8H,3,14H2,1-2H3,(H,15,16,17). The number of aryl methyl sites for hydroxylation is 1. The normalized spacial score (nSPS) is 10.1. The summed E-state index contributed by atoms with van der Waals surface area (Å²) in [5.74, 6) is 8.09. The van der Waals surface area contributed by atoms with Gasteiger partial charge in [-0.25, -0.2) is 10.8 Å². The molecular formula is C13H16N4O2. The zero-order valence-electron chi connectivity index (χ0n) is 10.9. The molecule has 0 aliphatic carbocycles. The van der Waals surface area contributed by atoms with Crippen LogP contribution in [0.2, 0.25) is 0 Å². The van der Waals surface area contributed by atoms with Gasteiger partial charge in [-0.05, 0) is 26.0 Å². The second-order valence-corrected chi connectivity index (χ2v) is 3.76. The molecular weight excluding hydrogens is 244 g/mol. The number of nitrogens with two attached hydrogens (primary N) is 1. The zero-order chi connectivity index (χ0) is 13.7. The van der Waals surface area contributed by atoms with E-state index in [2.05, 4.69) is 15.4 Å². The van der Waals surface area contributed by atoms with Crippen LogP contribution in [0.25, 0.3) is 0 Å². The van der Waals surface area contributed by atoms with Crippen molar-refractivity contribution in [2.24, 2.45) is 5.84 Å². The van der Waals surface area contributed by atoms with E-state index < -0.39 is 0 Å². The maximum Gasteiger partial charge on any atom is 0.224 e. The molecule has 1 heterocycles. The summed E-state index contributed by atoms with van der Waals surface area (Å²) in [5, 5.41) is 0. The Hall–Kier alpha value is -2.34. The van der Waals surface area contributed by atoms with Gasteiger partial charge < -0.3 is 14.9 Å². The monoisotopic (exact) mass is 260 g/mol. The fraction of sp³-hybridized carbons (Fsp3) is 0.231. The maximum absolute atomic E-state index is 5.71. The number of aromatic nitrogens is 2. The van der Waals surface area contributed by atoms with Crippen LogP contribution < -0.4 is 20.7 Å². The molecule has 0 unspecified atom stereocenters. The van der Waals surface area contributed by atoms with Gasteiger partial charge in [0.25, 0.3) is 0 Å². The van der Waals surface area contributed by atoms with E-state index in [1.807, 2.05) is 31.2 Å². The Kier molecular flexibility index (Phi) is 4.15. The number of hydrazine groups is 1. The molecule has 0 saturated heterocycles. The molecule has 0 radical (unpaired) electrons. The van der Waals surface area contributed by atoms with Crippen molar-refractivity contribution in [2.45, 2.75) is 13.8 Å². The Bertz CT molecular complexity index is 560. The van der Waals surface area contributed by atoms with E-state index in [1.54, 1.807) is 13.0 Å². The number of nitrogens with one attached hydrogen (secondary N) is 1. The zero-order valence-corrected chi connectivity index (χ0v) is 10.9. The summed E-state index contributed by atoms with van der Waals surface area (Å²) in [4.78, 5) is 8.29. The molecule has 0 spiro atoms. The third-order valence-corrected chi connectivity index (χ3v) is 2.33. The fourth-order valence-electron chi connectivity index (χ4n) is 1.59. The van der Waals surface area contributed by atoms with E-state index in [0.29, 0.717) is 35.6 Å². The summed E-state index contributed by atoms with van der Waals surface area (Å²) in [6.07, 6.45) is 0. The lowest BCUT2D eigenvalue weighted by molar-refractivity contribution is 0.319. The largest absolute Gasteiger partial charge is 0.490 e. The highest BCUT2D eigenvalue weighted by Gasteiger charge is 2.08. The lowest BCUT2D eigenvalue weighted by Gasteiger charge is -2.11. The highest BCUT2D eigenvalue weighted by atomic mass is 16.5. The molecule has 6 heteroatoms. The van der Waals surface area contributed by atoms with Gasteiger partial charge in [0, 0.05) is 6.07 Å². The molecule has 1 aromatic heterocycles. The second kappa shape index (κ2) is 6.01. The summed E-state index contributed by atoms with van der Waals surface area (Å²) < 4.78 is 11.2. The van der Waals surface area contributed by atoms with Crippen LogP contribution in [-0.2, 0) is 0 Å². The third-order valence-electron chi connectivity index (χ3n) is 2.33. The number of ether oxygens (including phenoxy) is 2. The molecule has 0 saturated carbocycles. The van der Waals surface area contributed by atoms with Gasteiger partial charge >= 0.3 is 0 Å². The Balaban J connectivity index is 2.28. The van der Waals surface area contributed by atoms with Crippen molar-refractivity contribution in [2.75, 3.05) is 12.0 Å². The number of benzene rings is 1.